The molecule has 1 aliphatic heterocycles. The van der Waals surface area contributed by atoms with Crippen LogP contribution in [0.2, 0.25) is 0 Å². The zero-order valence-electron chi connectivity index (χ0n) is 22.5. The molecule has 8 nitrogen and oxygen atoms in total. The Morgan fingerprint density at radius 1 is 0.884 bits per heavy atom. The largest absolute Gasteiger partial charge is 0.458 e. The predicted octanol–water partition coefficient (Wildman–Crippen LogP) is 6.48. The van der Waals surface area contributed by atoms with E-state index in [-0.39, 0.29) is 41.0 Å². The van der Waals surface area contributed by atoms with Gasteiger partial charge < -0.3 is 19.9 Å². The maximum absolute atomic E-state index is 14.3. The average molecular weight is 608 g/mol. The van der Waals surface area contributed by atoms with E-state index < -0.39 is 35.9 Å². The van der Waals surface area contributed by atoms with Gasteiger partial charge in [-0.15, -0.1) is 0 Å². The van der Waals surface area contributed by atoms with Gasteiger partial charge in [-0.2, -0.15) is 41.3 Å². The topological polar surface area (TPSA) is 79.3 Å². The Hall–Kier alpha value is -4.69. The second-order valence-corrected chi connectivity index (χ2v) is 9.68. The molecule has 0 bridgehead atoms. The van der Waals surface area contributed by atoms with Crippen LogP contribution >= 0.6 is 0 Å². The normalized spacial score (nSPS) is 15.9. The molecule has 4 aromatic rings. The van der Waals surface area contributed by atoms with Crippen molar-refractivity contribution in [2.75, 3.05) is 34.8 Å². The quantitative estimate of drug-likeness (QED) is 0.239. The monoisotopic (exact) mass is 607 g/mol. The summed E-state index contributed by atoms with van der Waals surface area (Å²) in [7, 11) is 0. The lowest BCUT2D eigenvalue weighted by molar-refractivity contribution is -0.139. The minimum Gasteiger partial charge on any atom is -0.458 e. The second kappa shape index (κ2) is 11.9. The maximum Gasteiger partial charge on any atom is 0.416 e. The molecule has 5 rings (SSSR count). The molecule has 0 radical (unpaired) electrons. The van der Waals surface area contributed by atoms with Crippen molar-refractivity contribution in [2.45, 2.75) is 31.9 Å². The molecule has 2 aromatic carbocycles. The first-order valence-electron chi connectivity index (χ1n) is 13.0. The lowest BCUT2D eigenvalue weighted by atomic mass is 10.1. The van der Waals surface area contributed by atoms with E-state index in [9.17, 15) is 30.7 Å². The van der Waals surface area contributed by atoms with Crippen molar-refractivity contribution in [3.05, 3.63) is 89.4 Å². The molecule has 3 heterocycles. The van der Waals surface area contributed by atoms with Crippen LogP contribution in [-0.2, 0) is 19.0 Å². The number of aromatic nitrogens is 4. The van der Waals surface area contributed by atoms with Crippen LogP contribution in [0.25, 0.3) is 0 Å². The zero-order chi connectivity index (χ0) is 30.8. The standard InChI is InChI=1S/C28H24F7N7O/c1-17-15-41(23-22(29)7-4-12-36-23)13-14-42(17)25-38-24(37-20-10-8-19(9-11-20)27(30,31)32)39-26(40-25)43-16-18-5-2-3-6-21(18)28(33,34)35/h2-12,17H,13-16H2,1H3,(H,37,38,39,40)/t17-/m1/s1. The summed E-state index contributed by atoms with van der Waals surface area (Å²) in [5.41, 5.74) is -1.65. The first-order valence-corrected chi connectivity index (χ1v) is 13.0. The second-order valence-electron chi connectivity index (χ2n) is 9.68. The summed E-state index contributed by atoms with van der Waals surface area (Å²) in [6, 6.07) is 11.3. The van der Waals surface area contributed by atoms with Crippen LogP contribution in [-0.4, -0.2) is 45.6 Å². The number of nitrogens with one attached hydrogen (secondary N) is 1. The Bertz CT molecular complexity index is 1560. The Morgan fingerprint density at radius 3 is 2.30 bits per heavy atom. The van der Waals surface area contributed by atoms with E-state index in [4.69, 9.17) is 4.74 Å². The molecule has 1 fully saturated rings. The molecule has 1 N–H and O–H groups in total. The van der Waals surface area contributed by atoms with Gasteiger partial charge >= 0.3 is 18.4 Å². The lowest BCUT2D eigenvalue weighted by Gasteiger charge is -2.40. The highest BCUT2D eigenvalue weighted by atomic mass is 19.4. The third-order valence-corrected chi connectivity index (χ3v) is 6.67. The minimum atomic E-state index is -4.61. The number of nitrogens with zero attached hydrogens (tertiary/aromatic N) is 6. The number of hydrogen-bond acceptors (Lipinski definition) is 8. The van der Waals surface area contributed by atoms with E-state index in [0.29, 0.717) is 19.6 Å². The van der Waals surface area contributed by atoms with Gasteiger partial charge in [0.2, 0.25) is 11.9 Å². The Balaban J connectivity index is 1.42. The van der Waals surface area contributed by atoms with Crippen LogP contribution in [0.5, 0.6) is 6.01 Å². The van der Waals surface area contributed by atoms with Gasteiger partial charge in [-0.25, -0.2) is 9.37 Å². The molecule has 2 aromatic heterocycles. The van der Waals surface area contributed by atoms with Gasteiger partial charge in [0.05, 0.1) is 11.1 Å². The van der Waals surface area contributed by atoms with Crippen molar-refractivity contribution in [1.82, 2.24) is 19.9 Å². The molecule has 0 aliphatic carbocycles. The fraction of sp³-hybridized carbons (Fsp3) is 0.286. The van der Waals surface area contributed by atoms with Crippen molar-refractivity contribution >= 4 is 23.4 Å². The van der Waals surface area contributed by atoms with Crippen LogP contribution in [0.1, 0.15) is 23.6 Å². The van der Waals surface area contributed by atoms with Crippen molar-refractivity contribution in [3.8, 4) is 6.01 Å². The molecule has 0 unspecified atom stereocenters. The maximum atomic E-state index is 14.3. The minimum absolute atomic E-state index is 0.103. The van der Waals surface area contributed by atoms with Gasteiger partial charge in [0.15, 0.2) is 11.6 Å². The van der Waals surface area contributed by atoms with Crippen molar-refractivity contribution in [3.63, 3.8) is 0 Å². The molecule has 15 heteroatoms. The summed E-state index contributed by atoms with van der Waals surface area (Å²) in [5, 5.41) is 2.81. The third kappa shape index (κ3) is 7.04. The fourth-order valence-corrected chi connectivity index (χ4v) is 4.59. The summed E-state index contributed by atoms with van der Waals surface area (Å²) in [4.78, 5) is 20.5. The number of alkyl halides is 6. The van der Waals surface area contributed by atoms with Gasteiger partial charge in [0.25, 0.3) is 0 Å². The molecule has 1 aliphatic rings. The number of pyridine rings is 1. The smallest absolute Gasteiger partial charge is 0.416 e. The van der Waals surface area contributed by atoms with Crippen LogP contribution < -0.4 is 19.9 Å². The highest BCUT2D eigenvalue weighted by Gasteiger charge is 2.34. The lowest BCUT2D eigenvalue weighted by Crippen LogP contribution is -2.53. The van der Waals surface area contributed by atoms with E-state index in [0.717, 1.165) is 18.2 Å². The molecule has 1 atom stereocenters. The summed E-state index contributed by atoms with van der Waals surface area (Å²) >= 11 is 0. The summed E-state index contributed by atoms with van der Waals surface area (Å²) in [5.74, 6) is -0.269. The van der Waals surface area contributed by atoms with E-state index in [1.165, 1.54) is 48.7 Å². The number of piperazine rings is 1. The average Bonchev–Trinajstić information content (AvgIpc) is 2.96. The van der Waals surface area contributed by atoms with Crippen molar-refractivity contribution in [1.29, 1.82) is 0 Å². The van der Waals surface area contributed by atoms with Gasteiger partial charge in [-0.1, -0.05) is 18.2 Å². The SMILES string of the molecule is C[C@@H]1CN(c2ncccc2F)CCN1c1nc(Nc2ccc(C(F)(F)F)cc2)nc(OCc2ccccc2C(F)(F)F)n1. The predicted molar refractivity (Wildman–Crippen MR) is 144 cm³/mol. The van der Waals surface area contributed by atoms with Crippen molar-refractivity contribution in [2.24, 2.45) is 0 Å². The molecule has 0 saturated carbocycles. The molecule has 226 valence electrons. The van der Waals surface area contributed by atoms with E-state index in [1.807, 2.05) is 6.92 Å². The van der Waals surface area contributed by atoms with Gasteiger partial charge in [0.1, 0.15) is 6.61 Å². The fourth-order valence-electron chi connectivity index (χ4n) is 4.59. The van der Waals surface area contributed by atoms with Gasteiger partial charge in [0, 0.05) is 43.1 Å². The van der Waals surface area contributed by atoms with E-state index in [1.54, 1.807) is 9.80 Å². The molecular formula is C28H24F7N7O. The molecule has 43 heavy (non-hydrogen) atoms. The molecule has 0 spiro atoms. The Labute approximate surface area is 241 Å². The number of benzene rings is 2. The van der Waals surface area contributed by atoms with Gasteiger partial charge in [-0.05, 0) is 49.4 Å². The molecule has 1 saturated heterocycles. The molecule has 0 amide bonds. The summed E-state index contributed by atoms with van der Waals surface area (Å²) < 4.78 is 99.4. The highest BCUT2D eigenvalue weighted by molar-refractivity contribution is 5.56. The van der Waals surface area contributed by atoms with Crippen LogP contribution in [0, 0.1) is 5.82 Å². The summed E-state index contributed by atoms with van der Waals surface area (Å²) in [6.07, 6.45) is -7.65. The Kier molecular flexibility index (Phi) is 8.24. The van der Waals surface area contributed by atoms with Crippen LogP contribution in [0.3, 0.4) is 0 Å². The Morgan fingerprint density at radius 2 is 1.63 bits per heavy atom. The number of hydrogen-bond donors (Lipinski definition) is 1. The summed E-state index contributed by atoms with van der Waals surface area (Å²) in [6.45, 7) is 2.34. The van der Waals surface area contributed by atoms with Crippen molar-refractivity contribution < 1.29 is 35.5 Å². The van der Waals surface area contributed by atoms with E-state index in [2.05, 4.69) is 25.3 Å². The number of halogens is 7. The van der Waals surface area contributed by atoms with E-state index >= 15 is 0 Å². The number of anilines is 4. The number of ether oxygens (including phenoxy) is 1. The van der Waals surface area contributed by atoms with Crippen LogP contribution in [0.15, 0.2) is 66.9 Å². The van der Waals surface area contributed by atoms with Crippen LogP contribution in [0.4, 0.5) is 54.1 Å². The van der Waals surface area contributed by atoms with Gasteiger partial charge in [-0.3, -0.25) is 0 Å². The zero-order valence-corrected chi connectivity index (χ0v) is 22.5. The molecular weight excluding hydrogens is 583 g/mol. The highest BCUT2D eigenvalue weighted by Crippen LogP contribution is 2.33. The first kappa shape index (κ1) is 29.8. The number of rotatable bonds is 7. The first-order chi connectivity index (χ1) is 20.4. The third-order valence-electron chi connectivity index (χ3n) is 6.67.